The predicted molar refractivity (Wildman–Crippen MR) is 158 cm³/mol. The van der Waals surface area contributed by atoms with Crippen LogP contribution in [0.2, 0.25) is 0 Å². The smallest absolute Gasteiger partial charge is 0.0836 e. The van der Waals surface area contributed by atoms with E-state index in [1.807, 2.05) is 0 Å². The maximum atomic E-state index is 2.42. The summed E-state index contributed by atoms with van der Waals surface area (Å²) in [6.45, 7) is 6.13. The van der Waals surface area contributed by atoms with Crippen molar-refractivity contribution in [2.45, 2.75) is 122 Å². The molecule has 0 saturated heterocycles. The van der Waals surface area contributed by atoms with Crippen LogP contribution in [0.15, 0.2) is 24.3 Å². The average molecular weight is 560 g/mol. The molecular formula is C33H64Cl2N2. The van der Waals surface area contributed by atoms with Crippen molar-refractivity contribution in [2.75, 3.05) is 54.9 Å². The van der Waals surface area contributed by atoms with Gasteiger partial charge in [0.15, 0.2) is 0 Å². The number of rotatable bonds is 23. The van der Waals surface area contributed by atoms with E-state index in [1.165, 1.54) is 151 Å². The van der Waals surface area contributed by atoms with E-state index in [9.17, 15) is 0 Å². The number of nitrogens with zero attached hydrogens (tertiary/aromatic N) is 2. The van der Waals surface area contributed by atoms with Crippen molar-refractivity contribution in [3.05, 3.63) is 35.4 Å². The van der Waals surface area contributed by atoms with Gasteiger partial charge in [0.1, 0.15) is 0 Å². The average Bonchev–Trinajstić information content (AvgIpc) is 2.78. The van der Waals surface area contributed by atoms with Crippen LogP contribution >= 0.6 is 0 Å². The molecule has 4 heteroatoms. The second-order valence-corrected chi connectivity index (χ2v) is 13.1. The molecule has 0 N–H and O–H groups in total. The summed E-state index contributed by atoms with van der Waals surface area (Å²) in [7, 11) is 11.7. The van der Waals surface area contributed by atoms with Crippen LogP contribution in [0.4, 0.5) is 0 Å². The molecule has 0 saturated carbocycles. The molecule has 0 spiro atoms. The Morgan fingerprint density at radius 2 is 0.784 bits per heavy atom. The number of aryl methyl sites for hydroxylation is 2. The second kappa shape index (κ2) is 23.6. The molecule has 0 aliphatic rings. The molecule has 1 aromatic rings. The van der Waals surface area contributed by atoms with Gasteiger partial charge >= 0.3 is 0 Å². The summed E-state index contributed by atoms with van der Waals surface area (Å²) in [5.74, 6) is 0. The summed E-state index contributed by atoms with van der Waals surface area (Å²) in [6.07, 6.45) is 25.7. The molecule has 1 rings (SSSR count). The van der Waals surface area contributed by atoms with Crippen LogP contribution in [-0.2, 0) is 6.42 Å². The molecule has 0 aliphatic heterocycles. The topological polar surface area (TPSA) is 0 Å². The Kier molecular flexibility index (Phi) is 24.8. The molecule has 0 aromatic heterocycles. The summed E-state index contributed by atoms with van der Waals surface area (Å²) in [4.78, 5) is 0. The third-order valence-corrected chi connectivity index (χ3v) is 7.69. The minimum Gasteiger partial charge on any atom is -1.00 e. The molecule has 37 heavy (non-hydrogen) atoms. The highest BCUT2D eigenvalue weighted by atomic mass is 35.5. The monoisotopic (exact) mass is 558 g/mol. The molecule has 220 valence electrons. The lowest BCUT2D eigenvalue weighted by atomic mass is 10.0. The molecule has 0 unspecified atom stereocenters. The van der Waals surface area contributed by atoms with Crippen molar-refractivity contribution in [3.63, 3.8) is 0 Å². The molecule has 0 radical (unpaired) electrons. The fraction of sp³-hybridized carbons (Fsp3) is 0.818. The largest absolute Gasteiger partial charge is 1.00 e. The SMILES string of the molecule is Cc1ccc(CCCCCCCCCCCCCCCCCC[N+](C)(C)CCC[N+](C)(C)C)cc1.[Cl-].[Cl-]. The van der Waals surface area contributed by atoms with Crippen molar-refractivity contribution in [1.29, 1.82) is 0 Å². The number of hydrogen-bond donors (Lipinski definition) is 0. The van der Waals surface area contributed by atoms with Crippen LogP contribution < -0.4 is 24.8 Å². The molecule has 2 nitrogen and oxygen atoms in total. The highest BCUT2D eigenvalue weighted by Gasteiger charge is 2.16. The van der Waals surface area contributed by atoms with Crippen LogP contribution in [0.25, 0.3) is 0 Å². The van der Waals surface area contributed by atoms with E-state index >= 15 is 0 Å². The zero-order valence-electron chi connectivity index (χ0n) is 25.8. The van der Waals surface area contributed by atoms with Gasteiger partial charge in [-0.15, -0.1) is 0 Å². The van der Waals surface area contributed by atoms with Gasteiger partial charge in [-0.05, 0) is 38.2 Å². The predicted octanol–water partition coefficient (Wildman–Crippen LogP) is 2.96. The molecule has 0 aliphatic carbocycles. The Hall–Kier alpha value is -0.280. The van der Waals surface area contributed by atoms with Crippen LogP contribution in [-0.4, -0.2) is 63.8 Å². The van der Waals surface area contributed by atoms with Crippen molar-refractivity contribution in [3.8, 4) is 0 Å². The van der Waals surface area contributed by atoms with E-state index in [1.54, 1.807) is 0 Å². The highest BCUT2D eigenvalue weighted by Crippen LogP contribution is 2.15. The van der Waals surface area contributed by atoms with Crippen LogP contribution in [0.3, 0.4) is 0 Å². The lowest BCUT2D eigenvalue weighted by Gasteiger charge is -2.31. The van der Waals surface area contributed by atoms with Gasteiger partial charge in [-0.25, -0.2) is 0 Å². The quantitative estimate of drug-likeness (QED) is 0.143. The Labute approximate surface area is 246 Å². The van der Waals surface area contributed by atoms with E-state index in [0.717, 1.165) is 4.48 Å². The highest BCUT2D eigenvalue weighted by molar-refractivity contribution is 5.21. The van der Waals surface area contributed by atoms with Gasteiger partial charge in [0.05, 0.1) is 54.9 Å². The number of unbranched alkanes of at least 4 members (excludes halogenated alkanes) is 15. The summed E-state index contributed by atoms with van der Waals surface area (Å²) in [5.41, 5.74) is 2.88. The number of halogens is 2. The molecule has 0 fully saturated rings. The van der Waals surface area contributed by atoms with Crippen molar-refractivity contribution in [2.24, 2.45) is 0 Å². The van der Waals surface area contributed by atoms with E-state index < -0.39 is 0 Å². The molecule has 0 amide bonds. The van der Waals surface area contributed by atoms with E-state index in [0.29, 0.717) is 0 Å². The van der Waals surface area contributed by atoms with E-state index in [2.05, 4.69) is 66.4 Å². The fourth-order valence-electron chi connectivity index (χ4n) is 5.18. The van der Waals surface area contributed by atoms with Gasteiger partial charge in [0, 0.05) is 6.42 Å². The number of hydrogen-bond acceptors (Lipinski definition) is 0. The number of benzene rings is 1. The molecule has 0 bridgehead atoms. The summed E-state index contributed by atoms with van der Waals surface area (Å²) >= 11 is 0. The van der Waals surface area contributed by atoms with Gasteiger partial charge in [0.25, 0.3) is 0 Å². The Bertz CT molecular complexity index is 608. The van der Waals surface area contributed by atoms with Crippen molar-refractivity contribution >= 4 is 0 Å². The Morgan fingerprint density at radius 3 is 1.19 bits per heavy atom. The van der Waals surface area contributed by atoms with Gasteiger partial charge in [0.2, 0.25) is 0 Å². The standard InChI is InChI=1S/C33H64N2.2ClH/c1-32-25-27-33(28-26-32)24-21-19-17-15-13-11-9-7-8-10-12-14-16-18-20-22-30-35(5,6)31-23-29-34(2,3)4;;/h25-28H,7-24,29-31H2,1-6H3;2*1H/q+2;;/p-2. The normalized spacial score (nSPS) is 11.7. The molecule has 0 heterocycles. The summed E-state index contributed by atoms with van der Waals surface area (Å²) < 4.78 is 2.30. The Balaban J connectivity index is 0. The van der Waals surface area contributed by atoms with Gasteiger partial charge in [-0.2, -0.15) is 0 Å². The summed E-state index contributed by atoms with van der Waals surface area (Å²) in [5, 5.41) is 0. The minimum atomic E-state index is 0. The maximum Gasteiger partial charge on any atom is 0.0836 e. The third-order valence-electron chi connectivity index (χ3n) is 7.69. The van der Waals surface area contributed by atoms with Gasteiger partial charge < -0.3 is 33.8 Å². The van der Waals surface area contributed by atoms with Crippen LogP contribution in [0.1, 0.15) is 120 Å². The lowest BCUT2D eigenvalue weighted by Crippen LogP contribution is -3.00. The number of quaternary nitrogens is 2. The summed E-state index contributed by atoms with van der Waals surface area (Å²) in [6, 6.07) is 9.08. The van der Waals surface area contributed by atoms with Crippen LogP contribution in [0, 0.1) is 6.92 Å². The van der Waals surface area contributed by atoms with E-state index in [-0.39, 0.29) is 24.8 Å². The molecule has 1 aromatic carbocycles. The minimum absolute atomic E-state index is 0. The molecule has 0 atom stereocenters. The first kappa shape index (κ1) is 38.9. The maximum absolute atomic E-state index is 2.42. The van der Waals surface area contributed by atoms with Crippen molar-refractivity contribution < 1.29 is 33.8 Å². The zero-order chi connectivity index (χ0) is 25.8. The third kappa shape index (κ3) is 25.7. The first-order chi connectivity index (χ1) is 16.7. The fourth-order valence-corrected chi connectivity index (χ4v) is 5.18. The second-order valence-electron chi connectivity index (χ2n) is 13.1. The van der Waals surface area contributed by atoms with Gasteiger partial charge in [-0.3, -0.25) is 0 Å². The first-order valence-electron chi connectivity index (χ1n) is 15.4. The Morgan fingerprint density at radius 1 is 0.432 bits per heavy atom. The molecular weight excluding hydrogens is 495 g/mol. The van der Waals surface area contributed by atoms with Crippen molar-refractivity contribution in [1.82, 2.24) is 0 Å². The van der Waals surface area contributed by atoms with Gasteiger partial charge in [-0.1, -0.05) is 113 Å². The lowest BCUT2D eigenvalue weighted by molar-refractivity contribution is -0.902. The first-order valence-corrected chi connectivity index (χ1v) is 15.4. The van der Waals surface area contributed by atoms with E-state index in [4.69, 9.17) is 0 Å². The van der Waals surface area contributed by atoms with Crippen LogP contribution in [0.5, 0.6) is 0 Å². The zero-order valence-corrected chi connectivity index (χ0v) is 27.3.